The van der Waals surface area contributed by atoms with Crippen molar-refractivity contribution in [2.75, 3.05) is 7.05 Å². The number of amides is 2. The van der Waals surface area contributed by atoms with E-state index in [-0.39, 0.29) is 24.5 Å². The third-order valence-electron chi connectivity index (χ3n) is 1.45. The fourth-order valence-corrected chi connectivity index (χ4v) is 0.708. The van der Waals surface area contributed by atoms with E-state index in [9.17, 15) is 14.4 Å². The van der Waals surface area contributed by atoms with Gasteiger partial charge in [-0.15, -0.1) is 0 Å². The van der Waals surface area contributed by atoms with Crippen molar-refractivity contribution in [3.05, 3.63) is 0 Å². The molecule has 68 valence electrons. The minimum Gasteiger partial charge on any atom is -0.299 e. The van der Waals surface area contributed by atoms with Crippen molar-refractivity contribution < 1.29 is 14.4 Å². The third-order valence-corrected chi connectivity index (χ3v) is 1.45. The molecule has 0 radical (unpaired) electrons. The van der Waals surface area contributed by atoms with Gasteiger partial charge in [0, 0.05) is 13.5 Å². The Hall–Kier alpha value is -1.19. The van der Waals surface area contributed by atoms with Gasteiger partial charge in [-0.3, -0.25) is 19.3 Å². The Morgan fingerprint density at radius 3 is 2.00 bits per heavy atom. The Balaban J connectivity index is 4.10. The standard InChI is InChI=1S/C8H13NO3/c1-4-7(11)9(3)8(12)5-6(2)10/h4-5H2,1-3H3. The molecule has 0 aromatic rings. The maximum absolute atomic E-state index is 11.0. The van der Waals surface area contributed by atoms with Gasteiger partial charge in [0.25, 0.3) is 0 Å². The van der Waals surface area contributed by atoms with E-state index < -0.39 is 5.91 Å². The van der Waals surface area contributed by atoms with E-state index in [0.717, 1.165) is 4.90 Å². The lowest BCUT2D eigenvalue weighted by Gasteiger charge is -2.12. The summed E-state index contributed by atoms with van der Waals surface area (Å²) >= 11 is 0. The number of imide groups is 1. The van der Waals surface area contributed by atoms with Gasteiger partial charge in [0.1, 0.15) is 5.78 Å². The summed E-state index contributed by atoms with van der Waals surface area (Å²) < 4.78 is 0. The molecule has 0 spiro atoms. The Labute approximate surface area is 71.5 Å². The molecule has 2 amide bonds. The van der Waals surface area contributed by atoms with Crippen molar-refractivity contribution >= 4 is 17.6 Å². The van der Waals surface area contributed by atoms with E-state index in [1.807, 2.05) is 0 Å². The number of hydrogen-bond donors (Lipinski definition) is 0. The van der Waals surface area contributed by atoms with Crippen LogP contribution in [0.1, 0.15) is 26.7 Å². The van der Waals surface area contributed by atoms with Gasteiger partial charge in [-0.05, 0) is 6.92 Å². The van der Waals surface area contributed by atoms with Gasteiger partial charge >= 0.3 is 0 Å². The van der Waals surface area contributed by atoms with Gasteiger partial charge in [0.05, 0.1) is 6.42 Å². The van der Waals surface area contributed by atoms with Gasteiger partial charge < -0.3 is 0 Å². The van der Waals surface area contributed by atoms with Gasteiger partial charge in [-0.2, -0.15) is 0 Å². The topological polar surface area (TPSA) is 54.5 Å². The van der Waals surface area contributed by atoms with Crippen LogP contribution in [0.4, 0.5) is 0 Å². The second-order valence-electron chi connectivity index (χ2n) is 2.58. The van der Waals surface area contributed by atoms with E-state index >= 15 is 0 Å². The molecule has 0 saturated heterocycles. The van der Waals surface area contributed by atoms with E-state index in [1.165, 1.54) is 14.0 Å². The molecule has 0 aliphatic carbocycles. The summed E-state index contributed by atoms with van der Waals surface area (Å²) in [5.74, 6) is -0.925. The number of rotatable bonds is 3. The van der Waals surface area contributed by atoms with Gasteiger partial charge in [0.15, 0.2) is 0 Å². The molecular formula is C8H13NO3. The lowest BCUT2D eigenvalue weighted by Crippen LogP contribution is -2.33. The third kappa shape index (κ3) is 3.27. The molecule has 0 N–H and O–H groups in total. The van der Waals surface area contributed by atoms with Crippen LogP contribution in [-0.4, -0.2) is 29.5 Å². The number of Topliss-reactive ketones (excluding diaryl/α,β-unsaturated/α-hetero) is 1. The van der Waals surface area contributed by atoms with Crippen molar-refractivity contribution in [3.8, 4) is 0 Å². The Morgan fingerprint density at radius 2 is 1.67 bits per heavy atom. The minimum absolute atomic E-state index is 0.192. The number of nitrogens with zero attached hydrogens (tertiary/aromatic N) is 1. The van der Waals surface area contributed by atoms with E-state index in [0.29, 0.717) is 0 Å². The first-order valence-electron chi connectivity index (χ1n) is 3.77. The Bertz CT molecular complexity index is 210. The summed E-state index contributed by atoms with van der Waals surface area (Å²) in [5, 5.41) is 0. The van der Waals surface area contributed by atoms with E-state index in [2.05, 4.69) is 0 Å². The van der Waals surface area contributed by atoms with Crippen LogP contribution in [0.2, 0.25) is 0 Å². The van der Waals surface area contributed by atoms with E-state index in [1.54, 1.807) is 6.92 Å². The van der Waals surface area contributed by atoms with Crippen LogP contribution in [0.15, 0.2) is 0 Å². The molecule has 0 bridgehead atoms. The maximum atomic E-state index is 11.0. The van der Waals surface area contributed by atoms with Crippen LogP contribution in [0.25, 0.3) is 0 Å². The van der Waals surface area contributed by atoms with Crippen LogP contribution >= 0.6 is 0 Å². The average Bonchev–Trinajstić information content (AvgIpc) is 2.00. The number of carbonyl (C=O) groups excluding carboxylic acids is 3. The maximum Gasteiger partial charge on any atom is 0.236 e. The first kappa shape index (κ1) is 10.8. The molecule has 0 aromatic heterocycles. The molecule has 12 heavy (non-hydrogen) atoms. The molecule has 0 unspecified atom stereocenters. The Kier molecular flexibility index (Phi) is 4.18. The zero-order valence-electron chi connectivity index (χ0n) is 7.59. The second-order valence-corrected chi connectivity index (χ2v) is 2.58. The van der Waals surface area contributed by atoms with Crippen molar-refractivity contribution in [3.63, 3.8) is 0 Å². The fraction of sp³-hybridized carbons (Fsp3) is 0.625. The minimum atomic E-state index is -0.436. The largest absolute Gasteiger partial charge is 0.299 e. The quantitative estimate of drug-likeness (QED) is 0.576. The summed E-state index contributed by atoms with van der Waals surface area (Å²) in [6, 6.07) is 0. The molecular weight excluding hydrogens is 158 g/mol. The molecule has 0 aromatic carbocycles. The molecule has 4 nitrogen and oxygen atoms in total. The SMILES string of the molecule is CCC(=O)N(C)C(=O)CC(C)=O. The highest BCUT2D eigenvalue weighted by Crippen LogP contribution is 1.95. The summed E-state index contributed by atoms with van der Waals surface area (Å²) in [6.45, 7) is 2.99. The van der Waals surface area contributed by atoms with Gasteiger partial charge in [-0.1, -0.05) is 6.92 Å². The van der Waals surface area contributed by atoms with Crippen molar-refractivity contribution in [1.29, 1.82) is 0 Å². The second kappa shape index (κ2) is 4.64. The molecule has 0 atom stereocenters. The summed E-state index contributed by atoms with van der Waals surface area (Å²) in [7, 11) is 1.39. The monoisotopic (exact) mass is 171 g/mol. The van der Waals surface area contributed by atoms with Gasteiger partial charge in [-0.25, -0.2) is 0 Å². The van der Waals surface area contributed by atoms with Crippen molar-refractivity contribution in [2.45, 2.75) is 26.7 Å². The molecule has 4 heteroatoms. The van der Waals surface area contributed by atoms with Crippen LogP contribution in [-0.2, 0) is 14.4 Å². The molecule has 0 aliphatic rings. The van der Waals surface area contributed by atoms with Crippen molar-refractivity contribution in [2.24, 2.45) is 0 Å². The summed E-state index contributed by atoms with van der Waals surface area (Å²) in [6.07, 6.45) is 0.0857. The number of hydrogen-bond acceptors (Lipinski definition) is 3. The fourth-order valence-electron chi connectivity index (χ4n) is 0.708. The van der Waals surface area contributed by atoms with Crippen LogP contribution < -0.4 is 0 Å². The zero-order valence-corrected chi connectivity index (χ0v) is 7.59. The molecule has 0 rings (SSSR count). The summed E-state index contributed by atoms with van der Waals surface area (Å²) in [4.78, 5) is 33.5. The highest BCUT2D eigenvalue weighted by molar-refractivity contribution is 6.03. The number of ketones is 1. The predicted octanol–water partition coefficient (Wildman–Crippen LogP) is 0.360. The van der Waals surface area contributed by atoms with Crippen LogP contribution in [0, 0.1) is 0 Å². The van der Waals surface area contributed by atoms with Crippen molar-refractivity contribution in [1.82, 2.24) is 4.90 Å². The first-order chi connectivity index (χ1) is 5.49. The highest BCUT2D eigenvalue weighted by atomic mass is 16.2. The molecule has 0 aliphatic heterocycles. The molecule has 0 fully saturated rings. The Morgan fingerprint density at radius 1 is 1.17 bits per heavy atom. The smallest absolute Gasteiger partial charge is 0.236 e. The number of carbonyl (C=O) groups is 3. The normalized spacial score (nSPS) is 9.25. The zero-order chi connectivity index (χ0) is 9.72. The summed E-state index contributed by atoms with van der Waals surface area (Å²) in [5.41, 5.74) is 0. The van der Waals surface area contributed by atoms with E-state index in [4.69, 9.17) is 0 Å². The lowest BCUT2D eigenvalue weighted by molar-refractivity contribution is -0.143. The molecule has 0 saturated carbocycles. The van der Waals surface area contributed by atoms with Crippen LogP contribution in [0.3, 0.4) is 0 Å². The lowest BCUT2D eigenvalue weighted by atomic mass is 10.3. The molecule has 0 heterocycles. The highest BCUT2D eigenvalue weighted by Gasteiger charge is 2.15. The van der Waals surface area contributed by atoms with Crippen LogP contribution in [0.5, 0.6) is 0 Å². The van der Waals surface area contributed by atoms with Gasteiger partial charge in [0.2, 0.25) is 11.8 Å². The average molecular weight is 171 g/mol. The predicted molar refractivity (Wildman–Crippen MR) is 43.4 cm³/mol. The first-order valence-corrected chi connectivity index (χ1v) is 3.77.